The van der Waals surface area contributed by atoms with Gasteiger partial charge in [0.05, 0.1) is 5.02 Å². The van der Waals surface area contributed by atoms with E-state index in [1.54, 1.807) is 18.2 Å². The van der Waals surface area contributed by atoms with E-state index in [-0.39, 0.29) is 12.4 Å². The molecule has 0 aliphatic heterocycles. The number of nitrogens with two attached hydrogens (primary N) is 1. The van der Waals surface area contributed by atoms with Gasteiger partial charge in [0.25, 0.3) is 0 Å². The summed E-state index contributed by atoms with van der Waals surface area (Å²) in [7, 11) is 0. The second-order valence-corrected chi connectivity index (χ2v) is 4.44. The van der Waals surface area contributed by atoms with Gasteiger partial charge in [-0.25, -0.2) is 4.39 Å². The zero-order valence-corrected chi connectivity index (χ0v) is 10.7. The molecule has 0 spiro atoms. The van der Waals surface area contributed by atoms with Gasteiger partial charge >= 0.3 is 0 Å². The van der Waals surface area contributed by atoms with E-state index in [2.05, 4.69) is 0 Å². The van der Waals surface area contributed by atoms with Crippen LogP contribution in [0.4, 0.5) is 4.39 Å². The van der Waals surface area contributed by atoms with Crippen LogP contribution < -0.4 is 10.5 Å². The zero-order valence-electron chi connectivity index (χ0n) is 9.91. The van der Waals surface area contributed by atoms with Crippen molar-refractivity contribution in [1.82, 2.24) is 0 Å². The van der Waals surface area contributed by atoms with Crippen LogP contribution in [-0.2, 0) is 6.54 Å². The molecule has 94 valence electrons. The summed E-state index contributed by atoms with van der Waals surface area (Å²) in [5.41, 5.74) is 7.19. The van der Waals surface area contributed by atoms with Crippen LogP contribution in [0.25, 0.3) is 0 Å². The third-order valence-electron chi connectivity index (χ3n) is 2.48. The van der Waals surface area contributed by atoms with Crippen LogP contribution in [0.15, 0.2) is 36.4 Å². The van der Waals surface area contributed by atoms with Gasteiger partial charge in [-0.05, 0) is 42.3 Å². The smallest absolute Gasteiger partial charge is 0.146 e. The summed E-state index contributed by atoms with van der Waals surface area (Å²) >= 11 is 6.05. The topological polar surface area (TPSA) is 35.2 Å². The lowest BCUT2D eigenvalue weighted by Crippen LogP contribution is -1.97. The molecule has 0 heterocycles. The van der Waals surface area contributed by atoms with Gasteiger partial charge in [-0.1, -0.05) is 17.7 Å². The van der Waals surface area contributed by atoms with Crippen LogP contribution in [0.5, 0.6) is 11.5 Å². The first-order valence-electron chi connectivity index (χ1n) is 5.52. The monoisotopic (exact) mass is 265 g/mol. The highest BCUT2D eigenvalue weighted by molar-refractivity contribution is 6.32. The number of hydrogen-bond acceptors (Lipinski definition) is 2. The van der Waals surface area contributed by atoms with Gasteiger partial charge in [0.1, 0.15) is 17.3 Å². The van der Waals surface area contributed by atoms with Crippen LogP contribution in [0, 0.1) is 12.7 Å². The first kappa shape index (κ1) is 12.9. The molecule has 0 atom stereocenters. The minimum atomic E-state index is -0.379. The molecule has 4 heteroatoms. The summed E-state index contributed by atoms with van der Waals surface area (Å²) in [4.78, 5) is 0. The number of hydrogen-bond donors (Lipinski definition) is 1. The molecule has 0 radical (unpaired) electrons. The van der Waals surface area contributed by atoms with E-state index in [0.29, 0.717) is 22.1 Å². The normalized spacial score (nSPS) is 10.4. The number of rotatable bonds is 3. The lowest BCUT2D eigenvalue weighted by molar-refractivity contribution is 0.476. The Kier molecular flexibility index (Phi) is 3.84. The number of benzene rings is 2. The lowest BCUT2D eigenvalue weighted by Gasteiger charge is -2.09. The molecule has 0 bridgehead atoms. The molecule has 0 aromatic heterocycles. The summed E-state index contributed by atoms with van der Waals surface area (Å²) < 4.78 is 18.9. The first-order chi connectivity index (χ1) is 8.58. The second kappa shape index (κ2) is 5.38. The molecule has 2 nitrogen and oxygen atoms in total. The van der Waals surface area contributed by atoms with Gasteiger partial charge in [-0.3, -0.25) is 0 Å². The molecule has 2 N–H and O–H groups in total. The molecule has 2 rings (SSSR count). The van der Waals surface area contributed by atoms with Gasteiger partial charge in [0, 0.05) is 12.6 Å². The van der Waals surface area contributed by atoms with E-state index < -0.39 is 0 Å². The van der Waals surface area contributed by atoms with Crippen molar-refractivity contribution in [3.63, 3.8) is 0 Å². The van der Waals surface area contributed by atoms with Gasteiger partial charge in [-0.15, -0.1) is 0 Å². The second-order valence-electron chi connectivity index (χ2n) is 4.04. The Bertz CT molecular complexity index is 572. The third-order valence-corrected chi connectivity index (χ3v) is 2.78. The largest absolute Gasteiger partial charge is 0.456 e. The highest BCUT2D eigenvalue weighted by Crippen LogP contribution is 2.30. The standard InChI is InChI=1S/C14H13ClFNO/c1-9-2-3-14(13(15)4-9)18-12-6-10(8-17)5-11(16)7-12/h2-7H,8,17H2,1H3. The summed E-state index contributed by atoms with van der Waals surface area (Å²) in [6, 6.07) is 9.80. The van der Waals surface area contributed by atoms with Crippen molar-refractivity contribution in [3.8, 4) is 11.5 Å². The average Bonchev–Trinajstić information content (AvgIpc) is 2.32. The summed E-state index contributed by atoms with van der Waals surface area (Å²) in [6.45, 7) is 2.19. The van der Waals surface area contributed by atoms with E-state index in [4.69, 9.17) is 22.1 Å². The Hall–Kier alpha value is -1.58. The van der Waals surface area contributed by atoms with Gasteiger partial charge < -0.3 is 10.5 Å². The van der Waals surface area contributed by atoms with E-state index in [0.717, 1.165) is 5.56 Å². The Morgan fingerprint density at radius 1 is 1.22 bits per heavy atom. The lowest BCUT2D eigenvalue weighted by atomic mass is 10.2. The zero-order chi connectivity index (χ0) is 13.1. The predicted molar refractivity (Wildman–Crippen MR) is 70.6 cm³/mol. The van der Waals surface area contributed by atoms with Crippen LogP contribution in [0.1, 0.15) is 11.1 Å². The molecule has 2 aromatic carbocycles. The molecule has 0 aliphatic rings. The molecule has 0 amide bonds. The number of ether oxygens (including phenoxy) is 1. The highest BCUT2D eigenvalue weighted by Gasteiger charge is 2.06. The van der Waals surface area contributed by atoms with Crippen molar-refractivity contribution in [2.75, 3.05) is 0 Å². The van der Waals surface area contributed by atoms with Crippen molar-refractivity contribution in [2.45, 2.75) is 13.5 Å². The quantitative estimate of drug-likeness (QED) is 0.909. The third kappa shape index (κ3) is 3.00. The highest BCUT2D eigenvalue weighted by atomic mass is 35.5. The fourth-order valence-corrected chi connectivity index (χ4v) is 1.89. The number of halogens is 2. The summed E-state index contributed by atoms with van der Waals surface area (Å²) in [6.07, 6.45) is 0. The van der Waals surface area contributed by atoms with E-state index in [1.807, 2.05) is 13.0 Å². The van der Waals surface area contributed by atoms with Gasteiger partial charge in [0.2, 0.25) is 0 Å². The van der Waals surface area contributed by atoms with Crippen molar-refractivity contribution < 1.29 is 9.13 Å². The summed E-state index contributed by atoms with van der Waals surface area (Å²) in [5.74, 6) is 0.508. The maximum atomic E-state index is 13.3. The Morgan fingerprint density at radius 3 is 2.67 bits per heavy atom. The molecule has 0 fully saturated rings. The van der Waals surface area contributed by atoms with Crippen LogP contribution in [-0.4, -0.2) is 0 Å². The molecular weight excluding hydrogens is 253 g/mol. The fraction of sp³-hybridized carbons (Fsp3) is 0.143. The van der Waals surface area contributed by atoms with Crippen LogP contribution >= 0.6 is 11.6 Å². The van der Waals surface area contributed by atoms with Crippen LogP contribution in [0.2, 0.25) is 5.02 Å². The molecule has 0 saturated carbocycles. The summed E-state index contributed by atoms with van der Waals surface area (Å²) in [5, 5.41) is 0.494. The molecule has 0 saturated heterocycles. The van der Waals surface area contributed by atoms with Crippen molar-refractivity contribution in [1.29, 1.82) is 0 Å². The maximum absolute atomic E-state index is 13.3. The fourth-order valence-electron chi connectivity index (χ4n) is 1.61. The van der Waals surface area contributed by atoms with Crippen molar-refractivity contribution >= 4 is 11.6 Å². The van der Waals surface area contributed by atoms with Gasteiger partial charge in [0.15, 0.2) is 0 Å². The SMILES string of the molecule is Cc1ccc(Oc2cc(F)cc(CN)c2)c(Cl)c1. The average molecular weight is 266 g/mol. The molecular formula is C14H13ClFNO. The molecule has 0 aliphatic carbocycles. The van der Waals surface area contributed by atoms with E-state index in [1.165, 1.54) is 12.1 Å². The Morgan fingerprint density at radius 2 is 2.00 bits per heavy atom. The minimum absolute atomic E-state index is 0.260. The first-order valence-corrected chi connectivity index (χ1v) is 5.90. The Balaban J connectivity index is 2.30. The predicted octanol–water partition coefficient (Wildman–Crippen LogP) is 4.04. The Labute approximate surface area is 110 Å². The number of aryl methyl sites for hydroxylation is 1. The minimum Gasteiger partial charge on any atom is -0.456 e. The molecule has 0 unspecified atom stereocenters. The van der Waals surface area contributed by atoms with Gasteiger partial charge in [-0.2, -0.15) is 0 Å². The maximum Gasteiger partial charge on any atom is 0.146 e. The molecule has 2 aromatic rings. The van der Waals surface area contributed by atoms with Crippen LogP contribution in [0.3, 0.4) is 0 Å². The molecule has 18 heavy (non-hydrogen) atoms. The van der Waals surface area contributed by atoms with Crippen molar-refractivity contribution in [2.24, 2.45) is 5.73 Å². The van der Waals surface area contributed by atoms with Crippen molar-refractivity contribution in [3.05, 3.63) is 58.4 Å². The van der Waals surface area contributed by atoms with E-state index in [9.17, 15) is 4.39 Å². The van der Waals surface area contributed by atoms with E-state index >= 15 is 0 Å².